The minimum atomic E-state index is -3.01. The zero-order valence-electron chi connectivity index (χ0n) is 11.0. The van der Waals surface area contributed by atoms with Crippen LogP contribution in [0.15, 0.2) is 24.3 Å². The van der Waals surface area contributed by atoms with E-state index in [2.05, 4.69) is 5.43 Å². The van der Waals surface area contributed by atoms with Crippen LogP contribution in [0, 0.1) is 0 Å². The Hall–Kier alpha value is -0.820. The van der Waals surface area contributed by atoms with Crippen LogP contribution >= 0.6 is 11.6 Å². The van der Waals surface area contributed by atoms with Crippen molar-refractivity contribution < 1.29 is 13.2 Å². The number of nitrogens with two attached hydrogens (primary N) is 1. The fourth-order valence-corrected chi connectivity index (χ4v) is 2.49. The highest BCUT2D eigenvalue weighted by atomic mass is 35.5. The van der Waals surface area contributed by atoms with Gasteiger partial charge in [0.05, 0.1) is 11.8 Å². The van der Waals surface area contributed by atoms with Gasteiger partial charge in [0.25, 0.3) is 0 Å². The van der Waals surface area contributed by atoms with Gasteiger partial charge in [-0.3, -0.25) is 11.3 Å². The molecule has 108 valence electrons. The molecule has 0 aliphatic rings. The second-order valence-electron chi connectivity index (χ2n) is 4.47. The number of ether oxygens (including phenoxy) is 1. The van der Waals surface area contributed by atoms with E-state index in [4.69, 9.17) is 22.2 Å². The van der Waals surface area contributed by atoms with Crippen molar-refractivity contribution >= 4 is 21.4 Å². The summed E-state index contributed by atoms with van der Waals surface area (Å²) < 4.78 is 28.0. The molecule has 3 N–H and O–H groups in total. The van der Waals surface area contributed by atoms with Gasteiger partial charge < -0.3 is 4.74 Å². The van der Waals surface area contributed by atoms with E-state index in [0.29, 0.717) is 17.2 Å². The summed E-state index contributed by atoms with van der Waals surface area (Å²) in [4.78, 5) is 0. The van der Waals surface area contributed by atoms with Crippen molar-refractivity contribution in [3.63, 3.8) is 0 Å². The third-order valence-corrected chi connectivity index (χ3v) is 3.91. The predicted molar refractivity (Wildman–Crippen MR) is 77.0 cm³/mol. The average molecular weight is 307 g/mol. The molecule has 0 fully saturated rings. The first-order chi connectivity index (χ1) is 8.81. The number of sulfone groups is 1. The molecule has 2 atom stereocenters. The Bertz CT molecular complexity index is 507. The lowest BCUT2D eigenvalue weighted by atomic mass is 10.1. The third kappa shape index (κ3) is 6.24. The van der Waals surface area contributed by atoms with E-state index in [9.17, 15) is 8.42 Å². The summed E-state index contributed by atoms with van der Waals surface area (Å²) in [5, 5.41) is 0.582. The summed E-state index contributed by atoms with van der Waals surface area (Å²) in [5.74, 6) is 6.12. The van der Waals surface area contributed by atoms with Crippen LogP contribution in [0.5, 0.6) is 5.75 Å². The summed E-state index contributed by atoms with van der Waals surface area (Å²) >= 11 is 5.86. The molecule has 0 aliphatic heterocycles. The molecule has 0 aromatic heterocycles. The Morgan fingerprint density at radius 3 is 2.68 bits per heavy atom. The molecule has 0 radical (unpaired) electrons. The summed E-state index contributed by atoms with van der Waals surface area (Å²) in [5.41, 5.74) is 2.59. The molecule has 0 bridgehead atoms. The SMILES string of the molecule is CC(Oc1cccc(Cl)c1)C(CCS(C)(=O)=O)NN. The molecule has 5 nitrogen and oxygen atoms in total. The van der Waals surface area contributed by atoms with Crippen molar-refractivity contribution in [2.24, 2.45) is 5.84 Å². The van der Waals surface area contributed by atoms with Crippen LogP contribution in [0.25, 0.3) is 0 Å². The van der Waals surface area contributed by atoms with Crippen molar-refractivity contribution in [1.29, 1.82) is 0 Å². The summed E-state index contributed by atoms with van der Waals surface area (Å²) in [6.07, 6.45) is 1.31. The zero-order chi connectivity index (χ0) is 14.5. The van der Waals surface area contributed by atoms with Crippen LogP contribution in [-0.4, -0.2) is 32.6 Å². The molecule has 1 aromatic carbocycles. The van der Waals surface area contributed by atoms with E-state index in [0.717, 1.165) is 0 Å². The third-order valence-electron chi connectivity index (χ3n) is 2.70. The van der Waals surface area contributed by atoms with Crippen LogP contribution in [0.2, 0.25) is 5.02 Å². The van der Waals surface area contributed by atoms with Crippen LogP contribution in [0.4, 0.5) is 0 Å². The monoisotopic (exact) mass is 306 g/mol. The van der Waals surface area contributed by atoms with Crippen molar-refractivity contribution in [1.82, 2.24) is 5.43 Å². The van der Waals surface area contributed by atoms with Crippen LogP contribution < -0.4 is 16.0 Å². The van der Waals surface area contributed by atoms with Gasteiger partial charge in [0, 0.05) is 11.3 Å². The molecule has 0 aliphatic carbocycles. The molecule has 0 amide bonds. The van der Waals surface area contributed by atoms with Crippen molar-refractivity contribution in [3.05, 3.63) is 29.3 Å². The van der Waals surface area contributed by atoms with Crippen molar-refractivity contribution in [2.45, 2.75) is 25.5 Å². The number of nitrogens with one attached hydrogen (secondary N) is 1. The largest absolute Gasteiger partial charge is 0.489 e. The molecular formula is C12H19ClN2O3S. The van der Waals surface area contributed by atoms with Gasteiger partial charge in [0.15, 0.2) is 0 Å². The molecule has 0 saturated carbocycles. The Morgan fingerprint density at radius 1 is 1.47 bits per heavy atom. The highest BCUT2D eigenvalue weighted by molar-refractivity contribution is 7.90. The molecule has 2 unspecified atom stereocenters. The molecule has 19 heavy (non-hydrogen) atoms. The molecule has 7 heteroatoms. The Labute approximate surface area is 119 Å². The van der Waals surface area contributed by atoms with Gasteiger partial charge in [0.2, 0.25) is 0 Å². The second-order valence-corrected chi connectivity index (χ2v) is 7.17. The maximum absolute atomic E-state index is 11.2. The molecule has 1 rings (SSSR count). The highest BCUT2D eigenvalue weighted by Gasteiger charge is 2.19. The number of hydrogen-bond donors (Lipinski definition) is 2. The number of benzene rings is 1. The fraction of sp³-hybridized carbons (Fsp3) is 0.500. The maximum Gasteiger partial charge on any atom is 0.147 e. The summed E-state index contributed by atoms with van der Waals surface area (Å²) in [7, 11) is -3.01. The molecule has 0 spiro atoms. The normalized spacial score (nSPS) is 14.9. The lowest BCUT2D eigenvalue weighted by Crippen LogP contribution is -2.46. The second kappa shape index (κ2) is 7.09. The van der Waals surface area contributed by atoms with E-state index < -0.39 is 9.84 Å². The van der Waals surface area contributed by atoms with Gasteiger partial charge in [-0.25, -0.2) is 8.42 Å². The lowest BCUT2D eigenvalue weighted by Gasteiger charge is -2.24. The van der Waals surface area contributed by atoms with Crippen molar-refractivity contribution in [3.8, 4) is 5.75 Å². The van der Waals surface area contributed by atoms with Crippen LogP contribution in [-0.2, 0) is 9.84 Å². The first-order valence-corrected chi connectivity index (χ1v) is 8.32. The van der Waals surface area contributed by atoms with Gasteiger partial charge in [-0.15, -0.1) is 0 Å². The van der Waals surface area contributed by atoms with Gasteiger partial charge >= 0.3 is 0 Å². The topological polar surface area (TPSA) is 81.4 Å². The van der Waals surface area contributed by atoms with Crippen LogP contribution in [0.1, 0.15) is 13.3 Å². The first kappa shape index (κ1) is 16.2. The number of rotatable bonds is 7. The summed E-state index contributed by atoms with van der Waals surface area (Å²) in [6, 6.07) is 6.76. The van der Waals surface area contributed by atoms with Crippen molar-refractivity contribution in [2.75, 3.05) is 12.0 Å². The highest BCUT2D eigenvalue weighted by Crippen LogP contribution is 2.19. The van der Waals surface area contributed by atoms with Crippen LogP contribution in [0.3, 0.4) is 0 Å². The minimum Gasteiger partial charge on any atom is -0.489 e. The average Bonchev–Trinajstić information content (AvgIpc) is 2.28. The molecule has 1 aromatic rings. The Morgan fingerprint density at radius 2 is 2.16 bits per heavy atom. The number of hydrazine groups is 1. The zero-order valence-corrected chi connectivity index (χ0v) is 12.5. The molecule has 0 heterocycles. The van der Waals surface area contributed by atoms with E-state index in [1.54, 1.807) is 24.3 Å². The molecular weight excluding hydrogens is 288 g/mol. The minimum absolute atomic E-state index is 0.0606. The van der Waals surface area contributed by atoms with Gasteiger partial charge in [-0.05, 0) is 31.5 Å². The smallest absolute Gasteiger partial charge is 0.147 e. The predicted octanol–water partition coefficient (Wildman–Crippen LogP) is 1.37. The Balaban J connectivity index is 2.61. The Kier molecular flexibility index (Phi) is 6.06. The van der Waals surface area contributed by atoms with E-state index in [-0.39, 0.29) is 17.9 Å². The number of halogens is 1. The van der Waals surface area contributed by atoms with E-state index >= 15 is 0 Å². The summed E-state index contributed by atoms with van der Waals surface area (Å²) in [6.45, 7) is 1.83. The maximum atomic E-state index is 11.2. The van der Waals surface area contributed by atoms with Gasteiger partial charge in [0.1, 0.15) is 21.7 Å². The first-order valence-electron chi connectivity index (χ1n) is 5.88. The van der Waals surface area contributed by atoms with Gasteiger partial charge in [-0.1, -0.05) is 17.7 Å². The lowest BCUT2D eigenvalue weighted by molar-refractivity contribution is 0.168. The fourth-order valence-electron chi connectivity index (χ4n) is 1.63. The quantitative estimate of drug-likeness (QED) is 0.587. The molecule has 0 saturated heterocycles. The number of hydrogen-bond acceptors (Lipinski definition) is 5. The van der Waals surface area contributed by atoms with E-state index in [1.807, 2.05) is 6.92 Å². The standard InChI is InChI=1S/C12H19ClN2O3S/c1-9(12(15-14)6-7-19(2,16)17)18-11-5-3-4-10(13)8-11/h3-5,8-9,12,15H,6-7,14H2,1-2H3. The van der Waals surface area contributed by atoms with Gasteiger partial charge in [-0.2, -0.15) is 0 Å². The van der Waals surface area contributed by atoms with E-state index in [1.165, 1.54) is 6.26 Å².